The minimum absolute atomic E-state index is 0.128. The highest BCUT2D eigenvalue weighted by molar-refractivity contribution is 7.91. The lowest BCUT2D eigenvalue weighted by molar-refractivity contribution is 0.0953. The maximum atomic E-state index is 12.0. The number of hydrogen-bond donors (Lipinski definition) is 2. The molecule has 0 aliphatic carbocycles. The van der Waals surface area contributed by atoms with Crippen molar-refractivity contribution in [2.24, 2.45) is 5.14 Å². The number of sulfonamides is 1. The van der Waals surface area contributed by atoms with Gasteiger partial charge in [-0.15, -0.1) is 11.3 Å². The number of hydrogen-bond acceptors (Lipinski definition) is 4. The zero-order valence-electron chi connectivity index (χ0n) is 11.5. The Kier molecular flexibility index (Phi) is 4.76. The van der Waals surface area contributed by atoms with Gasteiger partial charge in [0.2, 0.25) is 10.0 Å². The first-order chi connectivity index (χ1) is 9.88. The summed E-state index contributed by atoms with van der Waals surface area (Å²) in [7, 11) is -3.64. The Bertz CT molecular complexity index is 751. The molecule has 2 aromatic rings. The second-order valence-electron chi connectivity index (χ2n) is 4.59. The normalized spacial score (nSPS) is 11.3. The summed E-state index contributed by atoms with van der Waals surface area (Å²) in [5, 5.41) is 7.88. The van der Waals surface area contributed by atoms with Gasteiger partial charge in [0.05, 0.1) is 0 Å². The Labute approximate surface area is 127 Å². The third kappa shape index (κ3) is 4.13. The molecule has 0 aliphatic heterocycles. The van der Waals surface area contributed by atoms with Crippen LogP contribution in [0.15, 0.2) is 40.6 Å². The molecule has 0 aliphatic rings. The average molecular weight is 324 g/mol. The molecule has 5 nitrogen and oxygen atoms in total. The van der Waals surface area contributed by atoms with E-state index in [2.05, 4.69) is 5.32 Å². The molecule has 0 fully saturated rings. The molecular weight excluding hydrogens is 308 g/mol. The van der Waals surface area contributed by atoms with Crippen molar-refractivity contribution in [3.05, 3.63) is 52.4 Å². The number of carbonyl (C=O) groups excluding carboxylic acids is 1. The molecule has 7 heteroatoms. The SMILES string of the molecule is Cc1ccccc1C(=O)NCCc1ccc(S(N)(=O)=O)s1. The molecule has 1 aromatic carbocycles. The van der Waals surface area contributed by atoms with Crippen LogP contribution in [-0.4, -0.2) is 20.9 Å². The van der Waals surface area contributed by atoms with Gasteiger partial charge in [0, 0.05) is 17.0 Å². The number of amides is 1. The first-order valence-corrected chi connectivity index (χ1v) is 8.69. The van der Waals surface area contributed by atoms with E-state index in [0.717, 1.165) is 21.8 Å². The van der Waals surface area contributed by atoms with Crippen molar-refractivity contribution in [1.29, 1.82) is 0 Å². The Hall–Kier alpha value is -1.70. The fourth-order valence-corrected chi connectivity index (χ4v) is 3.65. The van der Waals surface area contributed by atoms with Gasteiger partial charge in [0.25, 0.3) is 5.91 Å². The molecule has 0 spiro atoms. The molecule has 1 amide bonds. The van der Waals surface area contributed by atoms with E-state index in [1.807, 2.05) is 25.1 Å². The van der Waals surface area contributed by atoms with Crippen LogP contribution in [0.2, 0.25) is 0 Å². The number of nitrogens with one attached hydrogen (secondary N) is 1. The van der Waals surface area contributed by atoms with E-state index < -0.39 is 10.0 Å². The van der Waals surface area contributed by atoms with E-state index in [1.54, 1.807) is 12.1 Å². The number of benzene rings is 1. The molecule has 0 atom stereocenters. The van der Waals surface area contributed by atoms with Crippen molar-refractivity contribution in [3.63, 3.8) is 0 Å². The smallest absolute Gasteiger partial charge is 0.251 e. The van der Waals surface area contributed by atoms with Crippen LogP contribution in [0.25, 0.3) is 0 Å². The molecule has 2 rings (SSSR count). The van der Waals surface area contributed by atoms with E-state index in [1.165, 1.54) is 6.07 Å². The molecule has 3 N–H and O–H groups in total. The predicted octanol–water partition coefficient (Wildman–Crippen LogP) is 1.68. The summed E-state index contributed by atoms with van der Waals surface area (Å²) < 4.78 is 22.5. The summed E-state index contributed by atoms with van der Waals surface area (Å²) in [6.45, 7) is 2.32. The topological polar surface area (TPSA) is 89.3 Å². The molecule has 0 radical (unpaired) electrons. The summed E-state index contributed by atoms with van der Waals surface area (Å²) >= 11 is 1.13. The number of nitrogens with two attached hydrogens (primary N) is 1. The third-order valence-electron chi connectivity index (χ3n) is 2.96. The zero-order chi connectivity index (χ0) is 15.5. The van der Waals surface area contributed by atoms with Crippen LogP contribution in [0, 0.1) is 6.92 Å². The Morgan fingerprint density at radius 2 is 1.95 bits per heavy atom. The van der Waals surface area contributed by atoms with Gasteiger partial charge in [-0.3, -0.25) is 4.79 Å². The van der Waals surface area contributed by atoms with Gasteiger partial charge in [-0.25, -0.2) is 13.6 Å². The molecule has 0 unspecified atom stereocenters. The second-order valence-corrected chi connectivity index (χ2v) is 7.54. The summed E-state index contributed by atoms with van der Waals surface area (Å²) in [5.41, 5.74) is 1.57. The molecular formula is C14H16N2O3S2. The van der Waals surface area contributed by atoms with Crippen molar-refractivity contribution in [3.8, 4) is 0 Å². The van der Waals surface area contributed by atoms with Gasteiger partial charge in [-0.1, -0.05) is 18.2 Å². The van der Waals surface area contributed by atoms with Crippen molar-refractivity contribution in [1.82, 2.24) is 5.32 Å². The summed E-state index contributed by atoms with van der Waals surface area (Å²) in [5.74, 6) is -0.128. The first-order valence-electron chi connectivity index (χ1n) is 6.33. The number of carbonyl (C=O) groups is 1. The van der Waals surface area contributed by atoms with Crippen LogP contribution in [0.1, 0.15) is 20.8 Å². The van der Waals surface area contributed by atoms with Crippen molar-refractivity contribution < 1.29 is 13.2 Å². The van der Waals surface area contributed by atoms with Crippen LogP contribution in [-0.2, 0) is 16.4 Å². The second kappa shape index (κ2) is 6.38. The molecule has 112 valence electrons. The Morgan fingerprint density at radius 1 is 1.24 bits per heavy atom. The fourth-order valence-electron chi connectivity index (χ4n) is 1.87. The molecule has 0 saturated carbocycles. The number of aryl methyl sites for hydroxylation is 1. The van der Waals surface area contributed by atoms with E-state index in [4.69, 9.17) is 5.14 Å². The van der Waals surface area contributed by atoms with Gasteiger partial charge in [0.1, 0.15) is 4.21 Å². The summed E-state index contributed by atoms with van der Waals surface area (Å²) in [6, 6.07) is 10.6. The lowest BCUT2D eigenvalue weighted by Crippen LogP contribution is -2.26. The fraction of sp³-hybridized carbons (Fsp3) is 0.214. The lowest BCUT2D eigenvalue weighted by atomic mass is 10.1. The van der Waals surface area contributed by atoms with E-state index in [0.29, 0.717) is 18.5 Å². The largest absolute Gasteiger partial charge is 0.352 e. The number of thiophene rings is 1. The quantitative estimate of drug-likeness (QED) is 0.877. The van der Waals surface area contributed by atoms with Gasteiger partial charge in [0.15, 0.2) is 0 Å². The van der Waals surface area contributed by atoms with Gasteiger partial charge in [-0.2, -0.15) is 0 Å². The lowest BCUT2D eigenvalue weighted by Gasteiger charge is -2.06. The van der Waals surface area contributed by atoms with Gasteiger partial charge < -0.3 is 5.32 Å². The van der Waals surface area contributed by atoms with Crippen molar-refractivity contribution in [2.45, 2.75) is 17.6 Å². The predicted molar refractivity (Wildman–Crippen MR) is 82.9 cm³/mol. The highest BCUT2D eigenvalue weighted by Crippen LogP contribution is 2.20. The van der Waals surface area contributed by atoms with Crippen LogP contribution >= 0.6 is 11.3 Å². The summed E-state index contributed by atoms with van der Waals surface area (Å²) in [4.78, 5) is 12.9. The van der Waals surface area contributed by atoms with Crippen LogP contribution < -0.4 is 10.5 Å². The Balaban J connectivity index is 1.92. The van der Waals surface area contributed by atoms with Crippen LogP contribution in [0.3, 0.4) is 0 Å². The minimum atomic E-state index is -3.64. The maximum Gasteiger partial charge on any atom is 0.251 e. The standard InChI is InChI=1S/C14H16N2O3S2/c1-10-4-2-3-5-12(10)14(17)16-9-8-11-6-7-13(20-11)21(15,18)19/h2-7H,8-9H2,1H3,(H,16,17)(H2,15,18,19). The highest BCUT2D eigenvalue weighted by atomic mass is 32.2. The van der Waals surface area contributed by atoms with E-state index in [9.17, 15) is 13.2 Å². The molecule has 21 heavy (non-hydrogen) atoms. The van der Waals surface area contributed by atoms with Crippen molar-refractivity contribution >= 4 is 27.3 Å². The highest BCUT2D eigenvalue weighted by Gasteiger charge is 2.12. The molecule has 0 saturated heterocycles. The third-order valence-corrected chi connectivity index (χ3v) is 5.55. The van der Waals surface area contributed by atoms with Crippen LogP contribution in [0.5, 0.6) is 0 Å². The Morgan fingerprint density at radius 3 is 2.57 bits per heavy atom. The van der Waals surface area contributed by atoms with Gasteiger partial charge >= 0.3 is 0 Å². The average Bonchev–Trinajstić information content (AvgIpc) is 2.88. The first kappa shape index (κ1) is 15.7. The zero-order valence-corrected chi connectivity index (χ0v) is 13.1. The molecule has 0 bridgehead atoms. The monoisotopic (exact) mass is 324 g/mol. The van der Waals surface area contributed by atoms with Gasteiger partial charge in [-0.05, 0) is 37.1 Å². The number of rotatable bonds is 5. The minimum Gasteiger partial charge on any atom is -0.352 e. The van der Waals surface area contributed by atoms with E-state index >= 15 is 0 Å². The molecule has 1 aromatic heterocycles. The van der Waals surface area contributed by atoms with Crippen molar-refractivity contribution in [2.75, 3.05) is 6.54 Å². The number of primary sulfonamides is 1. The maximum absolute atomic E-state index is 12.0. The van der Waals surface area contributed by atoms with Crippen LogP contribution in [0.4, 0.5) is 0 Å². The summed E-state index contributed by atoms with van der Waals surface area (Å²) in [6.07, 6.45) is 0.567. The molecule has 1 heterocycles. The van der Waals surface area contributed by atoms with E-state index in [-0.39, 0.29) is 10.1 Å².